The summed E-state index contributed by atoms with van der Waals surface area (Å²) in [6.07, 6.45) is 2.66. The largest absolute Gasteiger partial charge is 0.496 e. The van der Waals surface area contributed by atoms with Crippen molar-refractivity contribution in [3.05, 3.63) is 29.8 Å². The van der Waals surface area contributed by atoms with Crippen molar-refractivity contribution in [3.63, 3.8) is 0 Å². The van der Waals surface area contributed by atoms with Gasteiger partial charge in [-0.15, -0.1) is 0 Å². The zero-order valence-electron chi connectivity index (χ0n) is 12.0. The summed E-state index contributed by atoms with van der Waals surface area (Å²) in [6, 6.07) is 7.78. The number of ether oxygens (including phenoxy) is 2. The highest BCUT2D eigenvalue weighted by atomic mass is 16.5. The van der Waals surface area contributed by atoms with Crippen LogP contribution in [-0.2, 0) is 16.0 Å². The van der Waals surface area contributed by atoms with Gasteiger partial charge in [0.25, 0.3) is 0 Å². The smallest absolute Gasteiger partial charge is 0.306 e. The first kappa shape index (κ1) is 13.9. The van der Waals surface area contributed by atoms with Gasteiger partial charge in [-0.2, -0.15) is 0 Å². The number of nitrogens with zero attached hydrogens (tertiary/aromatic N) is 1. The van der Waals surface area contributed by atoms with Crippen LogP contribution in [0.25, 0.3) is 0 Å². The molecule has 0 aromatic heterocycles. The number of aliphatic imine (C=N–C) groups is 1. The molecule has 1 heterocycles. The number of methoxy groups -OCH3 is 1. The van der Waals surface area contributed by atoms with Crippen LogP contribution in [0.4, 0.5) is 0 Å². The second-order valence-electron chi connectivity index (χ2n) is 5.58. The molecule has 1 fully saturated rings. The Hall–Kier alpha value is -2.04. The van der Waals surface area contributed by atoms with Crippen molar-refractivity contribution in [3.8, 4) is 5.75 Å². The van der Waals surface area contributed by atoms with Crippen LogP contribution in [0.2, 0.25) is 0 Å². The first-order valence-electron chi connectivity index (χ1n) is 7.25. The van der Waals surface area contributed by atoms with E-state index in [1.807, 2.05) is 24.3 Å². The number of fused-ring (bicyclic) bond motifs is 1. The lowest BCUT2D eigenvalue weighted by atomic mass is 9.84. The lowest BCUT2D eigenvalue weighted by molar-refractivity contribution is -0.143. The zero-order valence-corrected chi connectivity index (χ0v) is 12.0. The van der Waals surface area contributed by atoms with Crippen molar-refractivity contribution >= 4 is 11.9 Å². The molecule has 0 radical (unpaired) electrons. The predicted octanol–water partition coefficient (Wildman–Crippen LogP) is 2.29. The highest BCUT2D eigenvalue weighted by Gasteiger charge is 2.39. The van der Waals surface area contributed by atoms with Crippen molar-refractivity contribution in [2.75, 3.05) is 7.11 Å². The van der Waals surface area contributed by atoms with Crippen molar-refractivity contribution in [2.45, 2.75) is 37.8 Å². The monoisotopic (exact) mass is 289 g/mol. The molecule has 0 bridgehead atoms. The Bertz CT molecular complexity index is 569. The highest BCUT2D eigenvalue weighted by molar-refractivity contribution is 5.81. The molecule has 1 aromatic rings. The average molecular weight is 289 g/mol. The minimum Gasteiger partial charge on any atom is -0.496 e. The van der Waals surface area contributed by atoms with E-state index in [2.05, 4.69) is 4.99 Å². The molecule has 1 saturated carbocycles. The molecule has 1 aliphatic heterocycles. The molecule has 3 unspecified atom stereocenters. The summed E-state index contributed by atoms with van der Waals surface area (Å²) in [5.74, 6) is 0.508. The number of carbonyl (C=O) groups is 1. The van der Waals surface area contributed by atoms with Gasteiger partial charge in [-0.05, 0) is 25.3 Å². The van der Waals surface area contributed by atoms with Gasteiger partial charge in [-0.1, -0.05) is 18.2 Å². The zero-order chi connectivity index (χ0) is 14.8. The number of benzene rings is 1. The van der Waals surface area contributed by atoms with E-state index in [4.69, 9.17) is 14.6 Å². The van der Waals surface area contributed by atoms with Gasteiger partial charge >= 0.3 is 5.97 Å². The summed E-state index contributed by atoms with van der Waals surface area (Å²) >= 11 is 0. The molecule has 5 nitrogen and oxygen atoms in total. The molecular weight excluding hydrogens is 270 g/mol. The van der Waals surface area contributed by atoms with E-state index >= 15 is 0 Å². The van der Waals surface area contributed by atoms with Crippen LogP contribution in [0.3, 0.4) is 0 Å². The molecule has 5 heteroatoms. The van der Waals surface area contributed by atoms with Crippen LogP contribution in [0, 0.1) is 5.92 Å². The standard InChI is InChI=1S/C16H19NO4/c1-20-13-5-3-2-4-10(13)9-15-17-12-8-11(16(18)19)6-7-14(12)21-15/h2-5,11-12,14H,6-9H2,1H3,(H,18,19). The SMILES string of the molecule is COc1ccccc1CC1=NC2CC(C(=O)O)CCC2O1. The molecule has 1 N–H and O–H groups in total. The summed E-state index contributed by atoms with van der Waals surface area (Å²) in [5.41, 5.74) is 1.03. The number of hydrogen-bond acceptors (Lipinski definition) is 4. The molecular formula is C16H19NO4. The van der Waals surface area contributed by atoms with Crippen LogP contribution < -0.4 is 4.74 Å². The Morgan fingerprint density at radius 1 is 1.43 bits per heavy atom. The Labute approximate surface area is 123 Å². The van der Waals surface area contributed by atoms with E-state index in [1.54, 1.807) is 7.11 Å². The van der Waals surface area contributed by atoms with E-state index in [9.17, 15) is 4.79 Å². The van der Waals surface area contributed by atoms with Gasteiger partial charge in [0.15, 0.2) is 5.90 Å². The Balaban J connectivity index is 1.71. The Morgan fingerprint density at radius 2 is 2.24 bits per heavy atom. The molecule has 1 aliphatic carbocycles. The number of aliphatic carboxylic acids is 1. The minimum atomic E-state index is -0.721. The van der Waals surface area contributed by atoms with E-state index in [0.717, 1.165) is 17.7 Å². The number of carboxylic acids is 1. The number of carboxylic acid groups (broad SMARTS) is 1. The first-order chi connectivity index (χ1) is 10.2. The number of hydrogen-bond donors (Lipinski definition) is 1. The van der Waals surface area contributed by atoms with Gasteiger partial charge in [0.05, 0.1) is 25.5 Å². The van der Waals surface area contributed by atoms with Crippen LogP contribution in [-0.4, -0.2) is 36.2 Å². The van der Waals surface area contributed by atoms with E-state index in [0.29, 0.717) is 25.2 Å². The fraction of sp³-hybridized carbons (Fsp3) is 0.500. The molecule has 1 aromatic carbocycles. The van der Waals surface area contributed by atoms with Gasteiger partial charge in [0.1, 0.15) is 11.9 Å². The summed E-state index contributed by atoms with van der Waals surface area (Å²) in [6.45, 7) is 0. The van der Waals surface area contributed by atoms with Crippen molar-refractivity contribution in [1.82, 2.24) is 0 Å². The van der Waals surface area contributed by atoms with Crippen LogP contribution >= 0.6 is 0 Å². The van der Waals surface area contributed by atoms with Gasteiger partial charge in [-0.25, -0.2) is 4.99 Å². The molecule has 0 amide bonds. The first-order valence-corrected chi connectivity index (χ1v) is 7.25. The third kappa shape index (κ3) is 2.86. The Morgan fingerprint density at radius 3 is 3.00 bits per heavy atom. The van der Waals surface area contributed by atoms with E-state index < -0.39 is 5.97 Å². The van der Waals surface area contributed by atoms with Gasteiger partial charge in [0, 0.05) is 5.56 Å². The van der Waals surface area contributed by atoms with Crippen molar-refractivity contribution in [2.24, 2.45) is 10.9 Å². The maximum Gasteiger partial charge on any atom is 0.306 e. The molecule has 0 saturated heterocycles. The van der Waals surface area contributed by atoms with Crippen LogP contribution in [0.1, 0.15) is 24.8 Å². The van der Waals surface area contributed by atoms with Crippen LogP contribution in [0.15, 0.2) is 29.3 Å². The summed E-state index contributed by atoms with van der Waals surface area (Å²) in [5, 5.41) is 9.12. The van der Waals surface area contributed by atoms with E-state index in [1.165, 1.54) is 0 Å². The quantitative estimate of drug-likeness (QED) is 0.923. The maximum atomic E-state index is 11.1. The van der Waals surface area contributed by atoms with Crippen molar-refractivity contribution in [1.29, 1.82) is 0 Å². The highest BCUT2D eigenvalue weighted by Crippen LogP contribution is 2.33. The molecule has 3 rings (SSSR count). The minimum absolute atomic E-state index is 0.00967. The fourth-order valence-corrected chi connectivity index (χ4v) is 3.11. The van der Waals surface area contributed by atoms with Gasteiger partial charge in [-0.3, -0.25) is 4.79 Å². The third-order valence-electron chi connectivity index (χ3n) is 4.24. The summed E-state index contributed by atoms with van der Waals surface area (Å²) < 4.78 is 11.2. The van der Waals surface area contributed by atoms with E-state index in [-0.39, 0.29) is 18.1 Å². The molecule has 3 atom stereocenters. The molecule has 112 valence electrons. The Kier molecular flexibility index (Phi) is 3.82. The maximum absolute atomic E-state index is 11.1. The topological polar surface area (TPSA) is 68.1 Å². The normalized spacial score (nSPS) is 27.5. The van der Waals surface area contributed by atoms with Gasteiger partial charge in [0.2, 0.25) is 0 Å². The fourth-order valence-electron chi connectivity index (χ4n) is 3.11. The summed E-state index contributed by atoms with van der Waals surface area (Å²) in [7, 11) is 1.65. The van der Waals surface area contributed by atoms with Crippen LogP contribution in [0.5, 0.6) is 5.75 Å². The second kappa shape index (κ2) is 5.76. The van der Waals surface area contributed by atoms with Gasteiger partial charge < -0.3 is 14.6 Å². The predicted molar refractivity (Wildman–Crippen MR) is 77.8 cm³/mol. The average Bonchev–Trinajstić information content (AvgIpc) is 2.89. The molecule has 0 spiro atoms. The second-order valence-corrected chi connectivity index (χ2v) is 5.58. The molecule has 21 heavy (non-hydrogen) atoms. The van der Waals surface area contributed by atoms with Crippen molar-refractivity contribution < 1.29 is 19.4 Å². The number of rotatable bonds is 4. The lowest BCUT2D eigenvalue weighted by Gasteiger charge is -2.26. The summed E-state index contributed by atoms with van der Waals surface area (Å²) in [4.78, 5) is 15.7. The molecule has 2 aliphatic rings. The third-order valence-corrected chi connectivity index (χ3v) is 4.24. The lowest BCUT2D eigenvalue weighted by Crippen LogP contribution is -2.33. The number of para-hydroxylation sites is 1.